The molecule has 4 nitrogen and oxygen atoms in total. The number of benzene rings is 1. The van der Waals surface area contributed by atoms with Crippen molar-refractivity contribution in [2.45, 2.75) is 42.5 Å². The Bertz CT molecular complexity index is 745. The predicted octanol–water partition coefficient (Wildman–Crippen LogP) is 4.40. The van der Waals surface area contributed by atoms with E-state index in [0.717, 1.165) is 23.6 Å². The molecule has 24 heavy (non-hydrogen) atoms. The standard InChI is InChI=1S/C17H19Cl2N3OS/c1-11(24-15-9-12(18)3-6-14(15)19)17(23)22(13-4-5-13)10-16-20-7-8-21(16)2/h3,6-9,11,13H,4-5,10H2,1-2H3/t11-/m0/s1. The maximum absolute atomic E-state index is 13.0. The van der Waals surface area contributed by atoms with E-state index in [-0.39, 0.29) is 11.2 Å². The van der Waals surface area contributed by atoms with E-state index in [9.17, 15) is 4.79 Å². The largest absolute Gasteiger partial charge is 0.337 e. The third kappa shape index (κ3) is 4.08. The summed E-state index contributed by atoms with van der Waals surface area (Å²) in [5, 5.41) is 1.00. The molecule has 1 aliphatic rings. The first-order valence-electron chi connectivity index (χ1n) is 7.84. The van der Waals surface area contributed by atoms with Crippen LogP contribution in [0.5, 0.6) is 0 Å². The molecule has 1 heterocycles. The number of halogens is 2. The summed E-state index contributed by atoms with van der Waals surface area (Å²) in [5.41, 5.74) is 0. The highest BCUT2D eigenvalue weighted by Gasteiger charge is 2.35. The molecule has 128 valence electrons. The second-order valence-corrected chi connectivity index (χ2v) is 8.21. The fourth-order valence-electron chi connectivity index (χ4n) is 2.52. The third-order valence-electron chi connectivity index (χ3n) is 4.05. The van der Waals surface area contributed by atoms with E-state index >= 15 is 0 Å². The smallest absolute Gasteiger partial charge is 0.236 e. The summed E-state index contributed by atoms with van der Waals surface area (Å²) in [7, 11) is 1.95. The molecule has 1 fully saturated rings. The molecule has 0 spiro atoms. The maximum atomic E-state index is 13.0. The van der Waals surface area contributed by atoms with Crippen LogP contribution < -0.4 is 0 Å². The summed E-state index contributed by atoms with van der Waals surface area (Å²) in [5.74, 6) is 1.01. The van der Waals surface area contributed by atoms with Crippen LogP contribution in [0.15, 0.2) is 35.5 Å². The Morgan fingerprint density at radius 1 is 1.46 bits per heavy atom. The second kappa shape index (κ2) is 7.38. The van der Waals surface area contributed by atoms with Crippen molar-refractivity contribution < 1.29 is 4.79 Å². The van der Waals surface area contributed by atoms with Gasteiger partial charge in [0.05, 0.1) is 16.8 Å². The van der Waals surface area contributed by atoms with Crippen molar-refractivity contribution in [1.82, 2.24) is 14.5 Å². The molecule has 1 aromatic heterocycles. The van der Waals surface area contributed by atoms with E-state index in [4.69, 9.17) is 23.2 Å². The zero-order valence-corrected chi connectivity index (χ0v) is 15.9. The van der Waals surface area contributed by atoms with Crippen molar-refractivity contribution >= 4 is 40.9 Å². The Morgan fingerprint density at radius 2 is 2.21 bits per heavy atom. The van der Waals surface area contributed by atoms with Gasteiger partial charge in [-0.15, -0.1) is 11.8 Å². The van der Waals surface area contributed by atoms with Gasteiger partial charge in [-0.2, -0.15) is 0 Å². The van der Waals surface area contributed by atoms with Crippen LogP contribution in [0.3, 0.4) is 0 Å². The monoisotopic (exact) mass is 383 g/mol. The van der Waals surface area contributed by atoms with Crippen LogP contribution in [0.4, 0.5) is 0 Å². The number of carbonyl (C=O) groups excluding carboxylic acids is 1. The molecule has 7 heteroatoms. The van der Waals surface area contributed by atoms with Crippen LogP contribution in [0.2, 0.25) is 10.0 Å². The molecule has 3 rings (SSSR count). The lowest BCUT2D eigenvalue weighted by molar-refractivity contribution is -0.131. The number of rotatable bonds is 6. The molecule has 0 aliphatic heterocycles. The van der Waals surface area contributed by atoms with Crippen LogP contribution in [0, 0.1) is 0 Å². The van der Waals surface area contributed by atoms with E-state index < -0.39 is 0 Å². The van der Waals surface area contributed by atoms with Gasteiger partial charge < -0.3 is 9.47 Å². The average molecular weight is 384 g/mol. The van der Waals surface area contributed by atoms with Crippen LogP contribution >= 0.6 is 35.0 Å². The summed E-state index contributed by atoms with van der Waals surface area (Å²) in [6.45, 7) is 2.46. The van der Waals surface area contributed by atoms with Crippen molar-refractivity contribution in [2.24, 2.45) is 7.05 Å². The topological polar surface area (TPSA) is 38.1 Å². The molecule has 0 N–H and O–H groups in total. The highest BCUT2D eigenvalue weighted by atomic mass is 35.5. The van der Waals surface area contributed by atoms with E-state index in [1.54, 1.807) is 24.4 Å². The Labute approximate surface area is 156 Å². The van der Waals surface area contributed by atoms with Gasteiger partial charge in [0.2, 0.25) is 5.91 Å². The minimum absolute atomic E-state index is 0.113. The van der Waals surface area contributed by atoms with Crippen LogP contribution in [0.25, 0.3) is 0 Å². The minimum atomic E-state index is -0.234. The molecule has 0 radical (unpaired) electrons. The Kier molecular flexibility index (Phi) is 5.42. The highest BCUT2D eigenvalue weighted by Crippen LogP contribution is 2.35. The molecule has 0 unspecified atom stereocenters. The molecule has 1 amide bonds. The lowest BCUT2D eigenvalue weighted by Crippen LogP contribution is -2.38. The predicted molar refractivity (Wildman–Crippen MR) is 98.6 cm³/mol. The van der Waals surface area contributed by atoms with Gasteiger partial charge in [-0.25, -0.2) is 4.98 Å². The lowest BCUT2D eigenvalue weighted by atomic mass is 10.3. The molecule has 1 atom stereocenters. The molecule has 1 aliphatic carbocycles. The SMILES string of the molecule is C[C@H](Sc1cc(Cl)ccc1Cl)C(=O)N(Cc1nccn1C)C1CC1. The fraction of sp³-hybridized carbons (Fsp3) is 0.412. The van der Waals surface area contributed by atoms with Gasteiger partial charge in [0.1, 0.15) is 5.82 Å². The molecular weight excluding hydrogens is 365 g/mol. The normalized spacial score (nSPS) is 15.3. The van der Waals surface area contributed by atoms with Gasteiger partial charge in [-0.3, -0.25) is 4.79 Å². The molecule has 0 bridgehead atoms. The molecule has 1 saturated carbocycles. The summed E-state index contributed by atoms with van der Waals surface area (Å²) in [4.78, 5) is 20.1. The lowest BCUT2D eigenvalue weighted by Gasteiger charge is -2.25. The second-order valence-electron chi connectivity index (χ2n) is 5.99. The first-order valence-corrected chi connectivity index (χ1v) is 9.47. The molecule has 2 aromatic rings. The van der Waals surface area contributed by atoms with Crippen molar-refractivity contribution in [3.63, 3.8) is 0 Å². The summed E-state index contributed by atoms with van der Waals surface area (Å²) in [6, 6.07) is 5.64. The first kappa shape index (κ1) is 17.6. The van der Waals surface area contributed by atoms with E-state index in [1.165, 1.54) is 11.8 Å². The number of thioether (sulfide) groups is 1. The zero-order chi connectivity index (χ0) is 17.3. The number of nitrogens with zero attached hydrogens (tertiary/aromatic N) is 3. The van der Waals surface area contributed by atoms with E-state index in [2.05, 4.69) is 4.98 Å². The first-order chi connectivity index (χ1) is 11.5. The minimum Gasteiger partial charge on any atom is -0.337 e. The maximum Gasteiger partial charge on any atom is 0.236 e. The van der Waals surface area contributed by atoms with Crippen LogP contribution in [-0.4, -0.2) is 31.6 Å². The summed E-state index contributed by atoms with van der Waals surface area (Å²) >= 11 is 13.7. The number of carbonyl (C=O) groups is 1. The van der Waals surface area contributed by atoms with Gasteiger partial charge in [-0.1, -0.05) is 23.2 Å². The van der Waals surface area contributed by atoms with Gasteiger partial charge in [0.25, 0.3) is 0 Å². The summed E-state index contributed by atoms with van der Waals surface area (Å²) < 4.78 is 1.95. The fourth-order valence-corrected chi connectivity index (χ4v) is 4.00. The number of aryl methyl sites for hydroxylation is 1. The number of imidazole rings is 1. The Hall–Kier alpha value is -1.17. The highest BCUT2D eigenvalue weighted by molar-refractivity contribution is 8.00. The molecular formula is C17H19Cl2N3OS. The van der Waals surface area contributed by atoms with Crippen molar-refractivity contribution in [2.75, 3.05) is 0 Å². The number of hydrogen-bond acceptors (Lipinski definition) is 3. The van der Waals surface area contributed by atoms with Gasteiger partial charge in [-0.05, 0) is 38.0 Å². The zero-order valence-electron chi connectivity index (χ0n) is 13.6. The van der Waals surface area contributed by atoms with Crippen LogP contribution in [0.1, 0.15) is 25.6 Å². The summed E-state index contributed by atoms with van der Waals surface area (Å²) in [6.07, 6.45) is 5.78. The van der Waals surface area contributed by atoms with Crippen LogP contribution in [-0.2, 0) is 18.4 Å². The van der Waals surface area contributed by atoms with Gasteiger partial charge >= 0.3 is 0 Å². The van der Waals surface area contributed by atoms with Gasteiger partial charge in [0, 0.05) is 35.4 Å². The van der Waals surface area contributed by atoms with Crippen molar-refractivity contribution in [3.05, 3.63) is 46.5 Å². The number of amides is 1. The quantitative estimate of drug-likeness (QED) is 0.693. The number of aromatic nitrogens is 2. The van der Waals surface area contributed by atoms with E-state index in [0.29, 0.717) is 22.6 Å². The van der Waals surface area contributed by atoms with Crippen molar-refractivity contribution in [3.8, 4) is 0 Å². The molecule has 0 saturated heterocycles. The van der Waals surface area contributed by atoms with Crippen molar-refractivity contribution in [1.29, 1.82) is 0 Å². The third-order valence-corrected chi connectivity index (χ3v) is 5.87. The van der Waals surface area contributed by atoms with E-state index in [1.807, 2.05) is 29.6 Å². The Balaban J connectivity index is 1.72. The number of hydrogen-bond donors (Lipinski definition) is 0. The average Bonchev–Trinajstić information content (AvgIpc) is 3.31. The molecule has 1 aromatic carbocycles. The van der Waals surface area contributed by atoms with Gasteiger partial charge in [0.15, 0.2) is 0 Å². The Morgan fingerprint density at radius 3 is 2.83 bits per heavy atom.